The fraction of sp³-hybridized carbons (Fsp3) is 0.143. The Bertz CT molecular complexity index is 925. The molecule has 10 heteroatoms. The zero-order chi connectivity index (χ0) is 17.3. The molecule has 1 aliphatic heterocycles. The molecule has 1 aliphatic rings. The van der Waals surface area contributed by atoms with Crippen molar-refractivity contribution in [2.45, 2.75) is 18.2 Å². The van der Waals surface area contributed by atoms with Gasteiger partial charge in [-0.1, -0.05) is 18.2 Å². The van der Waals surface area contributed by atoms with Crippen LogP contribution in [0.5, 0.6) is 0 Å². The van der Waals surface area contributed by atoms with Gasteiger partial charge in [0.1, 0.15) is 5.82 Å². The summed E-state index contributed by atoms with van der Waals surface area (Å²) >= 11 is 0. The van der Waals surface area contributed by atoms with Gasteiger partial charge in [-0.25, -0.2) is 24.1 Å². The second-order valence-electron chi connectivity index (χ2n) is 5.31. The van der Waals surface area contributed by atoms with E-state index in [1.807, 2.05) is 19.1 Å². The molecule has 0 amide bonds. The summed E-state index contributed by atoms with van der Waals surface area (Å²) in [7, 11) is -3.91. The van der Waals surface area contributed by atoms with E-state index >= 15 is 0 Å². The number of aryl methyl sites for hydroxylation is 1. The van der Waals surface area contributed by atoms with Gasteiger partial charge in [0.2, 0.25) is 10.0 Å². The lowest BCUT2D eigenvalue weighted by atomic mass is 9.98. The minimum atomic E-state index is -3.91. The summed E-state index contributed by atoms with van der Waals surface area (Å²) in [5.41, 5.74) is 16.4. The van der Waals surface area contributed by atoms with Crippen molar-refractivity contribution in [3.8, 4) is 0 Å². The normalized spacial score (nSPS) is 14.0. The van der Waals surface area contributed by atoms with Crippen molar-refractivity contribution >= 4 is 21.7 Å². The summed E-state index contributed by atoms with van der Waals surface area (Å²) in [5, 5.41) is 9.36. The number of hydrazine groups is 2. The second-order valence-corrected chi connectivity index (χ2v) is 6.84. The monoisotopic (exact) mass is 347 g/mol. The molecule has 1 aromatic heterocycles. The largest absolute Gasteiger partial charge is 0.384 e. The minimum absolute atomic E-state index is 0.00203. The maximum absolute atomic E-state index is 12.0. The van der Waals surface area contributed by atoms with E-state index in [0.717, 1.165) is 16.8 Å². The lowest BCUT2D eigenvalue weighted by Gasteiger charge is -2.14. The Morgan fingerprint density at radius 1 is 1.17 bits per heavy atom. The van der Waals surface area contributed by atoms with Crippen LogP contribution in [0.1, 0.15) is 22.4 Å². The molecular weight excluding hydrogens is 330 g/mol. The summed E-state index contributed by atoms with van der Waals surface area (Å²) in [4.78, 5) is 4.23. The van der Waals surface area contributed by atoms with Gasteiger partial charge in [0.15, 0.2) is 5.84 Å². The van der Waals surface area contributed by atoms with E-state index in [9.17, 15) is 8.42 Å². The maximum Gasteiger partial charge on any atom is 0.238 e. The summed E-state index contributed by atoms with van der Waals surface area (Å²) in [6, 6.07) is 8.49. The first-order valence-electron chi connectivity index (χ1n) is 7.07. The highest BCUT2D eigenvalue weighted by Gasteiger charge is 2.23. The summed E-state index contributed by atoms with van der Waals surface area (Å²) in [6.07, 6.45) is 0.457. The fourth-order valence-corrected chi connectivity index (χ4v) is 3.33. The number of nitrogens with zero attached hydrogens (tertiary/aromatic N) is 2. The van der Waals surface area contributed by atoms with E-state index in [1.54, 1.807) is 12.1 Å². The average molecular weight is 347 g/mol. The zero-order valence-corrected chi connectivity index (χ0v) is 13.7. The van der Waals surface area contributed by atoms with Gasteiger partial charge in [-0.3, -0.25) is 5.43 Å². The highest BCUT2D eigenvalue weighted by molar-refractivity contribution is 7.89. The van der Waals surface area contributed by atoms with Crippen molar-refractivity contribution in [1.82, 2.24) is 21.5 Å². The smallest absolute Gasteiger partial charge is 0.238 e. The molecule has 0 aliphatic carbocycles. The molecule has 0 fully saturated rings. The van der Waals surface area contributed by atoms with Crippen LogP contribution in [0.2, 0.25) is 0 Å². The lowest BCUT2D eigenvalue weighted by Crippen LogP contribution is -2.36. The molecule has 1 aromatic carbocycles. The van der Waals surface area contributed by atoms with E-state index in [4.69, 9.17) is 10.9 Å². The van der Waals surface area contributed by atoms with Crippen LogP contribution in [-0.4, -0.2) is 19.2 Å². The van der Waals surface area contributed by atoms with Gasteiger partial charge in [-0.05, 0) is 36.6 Å². The molecule has 126 valence electrons. The Kier molecular flexibility index (Phi) is 4.09. The Balaban J connectivity index is 2.13. The first-order chi connectivity index (χ1) is 11.4. The van der Waals surface area contributed by atoms with Crippen molar-refractivity contribution in [2.24, 2.45) is 10.2 Å². The number of nitrogens with one attached hydrogen (secondary N) is 3. The van der Waals surface area contributed by atoms with Crippen LogP contribution in [-0.2, 0) is 16.4 Å². The number of rotatable bonds is 4. The quantitative estimate of drug-likeness (QED) is 0.500. The number of hydrogen-bond acceptors (Lipinski definition) is 8. The van der Waals surface area contributed by atoms with Gasteiger partial charge in [0, 0.05) is 11.3 Å². The molecule has 0 atom stereocenters. The predicted octanol–water partition coefficient (Wildman–Crippen LogP) is -0.516. The molecule has 3 rings (SSSR count). The highest BCUT2D eigenvalue weighted by Crippen LogP contribution is 2.23. The van der Waals surface area contributed by atoms with Crippen molar-refractivity contribution in [1.29, 1.82) is 0 Å². The Morgan fingerprint density at radius 3 is 2.58 bits per heavy atom. The number of benzene rings is 1. The third-order valence-corrected chi connectivity index (χ3v) is 4.61. The van der Waals surface area contributed by atoms with Crippen molar-refractivity contribution in [3.63, 3.8) is 0 Å². The van der Waals surface area contributed by atoms with Crippen LogP contribution in [0.25, 0.3) is 0 Å². The lowest BCUT2D eigenvalue weighted by molar-refractivity contribution is 0.577. The minimum Gasteiger partial charge on any atom is -0.384 e. The maximum atomic E-state index is 12.0. The van der Waals surface area contributed by atoms with E-state index < -0.39 is 10.0 Å². The highest BCUT2D eigenvalue weighted by atomic mass is 32.2. The summed E-state index contributed by atoms with van der Waals surface area (Å²) < 4.78 is 23.9. The molecular formula is C14H17N7O2S. The molecule has 2 heterocycles. The van der Waals surface area contributed by atoms with Gasteiger partial charge in [0.05, 0.1) is 4.90 Å². The number of nitrogens with two attached hydrogens (primary N) is 2. The standard InChI is InChI=1S/C14H17N7O2S/c1-8-9(5-6-12(15)17-8)7-10-3-2-4-11(24(16,22)23)13(10)14-18-20-21-19-14/h2-6,20-21H,7H2,1H3,(H2,15,17)(H,18,19)(H2,16,22,23). The van der Waals surface area contributed by atoms with Crippen LogP contribution in [0.3, 0.4) is 0 Å². The van der Waals surface area contributed by atoms with E-state index in [-0.39, 0.29) is 4.90 Å². The number of hydrazone groups is 1. The molecule has 9 nitrogen and oxygen atoms in total. The fourth-order valence-electron chi connectivity index (χ4n) is 2.55. The summed E-state index contributed by atoms with van der Waals surface area (Å²) in [6.45, 7) is 1.85. The number of primary sulfonamides is 1. The molecule has 7 N–H and O–H groups in total. The average Bonchev–Trinajstić information content (AvgIpc) is 3.03. The molecule has 0 saturated carbocycles. The molecule has 0 spiro atoms. The van der Waals surface area contributed by atoms with Crippen LogP contribution < -0.4 is 27.4 Å². The van der Waals surface area contributed by atoms with Crippen LogP contribution in [0.4, 0.5) is 5.82 Å². The van der Waals surface area contributed by atoms with Crippen molar-refractivity contribution in [2.75, 3.05) is 5.73 Å². The van der Waals surface area contributed by atoms with Gasteiger partial charge in [-0.15, -0.1) is 10.6 Å². The number of anilines is 1. The SMILES string of the molecule is Cc1nc(N)ccc1Cc1cccc(S(N)(=O)=O)c1C1=NNNN1. The van der Waals surface area contributed by atoms with Gasteiger partial charge >= 0.3 is 0 Å². The topological polar surface area (TPSA) is 148 Å². The van der Waals surface area contributed by atoms with Gasteiger partial charge in [-0.2, -0.15) is 0 Å². The molecule has 0 saturated heterocycles. The van der Waals surface area contributed by atoms with Crippen molar-refractivity contribution < 1.29 is 8.42 Å². The molecule has 0 unspecified atom stereocenters. The third-order valence-electron chi connectivity index (χ3n) is 3.66. The predicted molar refractivity (Wildman–Crippen MR) is 90.0 cm³/mol. The van der Waals surface area contributed by atoms with E-state index in [0.29, 0.717) is 23.6 Å². The first kappa shape index (κ1) is 16.2. The summed E-state index contributed by atoms with van der Waals surface area (Å²) in [5.74, 6) is 0.778. The van der Waals surface area contributed by atoms with Crippen molar-refractivity contribution in [3.05, 3.63) is 52.7 Å². The third kappa shape index (κ3) is 3.15. The molecule has 0 bridgehead atoms. The molecule has 2 aromatic rings. The van der Waals surface area contributed by atoms with Crippen LogP contribution in [0.15, 0.2) is 40.3 Å². The van der Waals surface area contributed by atoms with Crippen LogP contribution >= 0.6 is 0 Å². The van der Waals surface area contributed by atoms with E-state index in [2.05, 4.69) is 26.6 Å². The molecule has 24 heavy (non-hydrogen) atoms. The number of pyridine rings is 1. The number of nitrogen functional groups attached to an aromatic ring is 1. The second kappa shape index (κ2) is 6.07. The van der Waals surface area contributed by atoms with Crippen LogP contribution in [0, 0.1) is 6.92 Å². The number of amidine groups is 1. The van der Waals surface area contributed by atoms with E-state index in [1.165, 1.54) is 6.07 Å². The van der Waals surface area contributed by atoms with Gasteiger partial charge < -0.3 is 5.73 Å². The van der Waals surface area contributed by atoms with Gasteiger partial charge in [0.25, 0.3) is 0 Å². The Hall–Kier alpha value is -2.69. The number of hydrogen-bond donors (Lipinski definition) is 5. The Labute approximate surface area is 139 Å². The molecule has 0 radical (unpaired) electrons. The number of sulfonamides is 1. The first-order valence-corrected chi connectivity index (χ1v) is 8.61. The number of aromatic nitrogens is 1. The Morgan fingerprint density at radius 2 is 1.96 bits per heavy atom. The zero-order valence-electron chi connectivity index (χ0n) is 12.9.